The van der Waals surface area contributed by atoms with Crippen LogP contribution in [0.3, 0.4) is 0 Å². The molecule has 1 aromatic rings. The second-order valence-electron chi connectivity index (χ2n) is 1.79. The predicted octanol–water partition coefficient (Wildman–Crippen LogP) is 3.21. The Kier molecular flexibility index (Phi) is 4.79. The first-order valence-corrected chi connectivity index (χ1v) is 3.85. The fourth-order valence-electron chi connectivity index (χ4n) is 0.517. The van der Waals surface area contributed by atoms with Crippen LogP contribution < -0.4 is 0 Å². The van der Waals surface area contributed by atoms with Crippen molar-refractivity contribution < 1.29 is 4.39 Å². The lowest BCUT2D eigenvalue weighted by atomic mass is 10.3. The molecule has 0 amide bonds. The van der Waals surface area contributed by atoms with Gasteiger partial charge in [0.2, 0.25) is 0 Å². The van der Waals surface area contributed by atoms with Crippen molar-refractivity contribution in [2.45, 2.75) is 20.8 Å². The van der Waals surface area contributed by atoms with E-state index < -0.39 is 5.82 Å². The summed E-state index contributed by atoms with van der Waals surface area (Å²) in [5.74, 6) is -0.461. The van der Waals surface area contributed by atoms with Gasteiger partial charge in [-0.1, -0.05) is 25.4 Å². The molecule has 0 unspecified atom stereocenters. The first-order valence-electron chi connectivity index (χ1n) is 3.48. The summed E-state index contributed by atoms with van der Waals surface area (Å²) in [5, 5.41) is -0.0689. The molecule has 0 aliphatic rings. The van der Waals surface area contributed by atoms with Gasteiger partial charge in [-0.25, -0.2) is 9.37 Å². The Bertz CT molecular complexity index is 225. The molecule has 1 rings (SSSR count). The Morgan fingerprint density at radius 1 is 1.45 bits per heavy atom. The number of hydrogen-bond donors (Lipinski definition) is 0. The third-order valence-electron chi connectivity index (χ3n) is 0.933. The maximum absolute atomic E-state index is 12.4. The summed E-state index contributed by atoms with van der Waals surface area (Å²) in [4.78, 5) is 3.57. The van der Waals surface area contributed by atoms with Crippen LogP contribution in [0.25, 0.3) is 0 Å². The van der Waals surface area contributed by atoms with Crippen LogP contribution in [0.15, 0.2) is 12.3 Å². The van der Waals surface area contributed by atoms with Crippen molar-refractivity contribution >= 4 is 11.6 Å². The summed E-state index contributed by atoms with van der Waals surface area (Å²) in [6, 6.07) is 1.34. The zero-order valence-electron chi connectivity index (χ0n) is 6.86. The van der Waals surface area contributed by atoms with E-state index in [2.05, 4.69) is 4.98 Å². The Hall–Kier alpha value is -0.630. The third-order valence-corrected chi connectivity index (χ3v) is 1.21. The molecule has 0 N–H and O–H groups in total. The summed E-state index contributed by atoms with van der Waals surface area (Å²) >= 11 is 5.29. The summed E-state index contributed by atoms with van der Waals surface area (Å²) in [5.41, 5.74) is 0.775. The molecular formula is C8H11ClFN. The number of pyridine rings is 1. The van der Waals surface area contributed by atoms with Crippen LogP contribution in [-0.2, 0) is 0 Å². The predicted molar refractivity (Wildman–Crippen MR) is 45.3 cm³/mol. The van der Waals surface area contributed by atoms with E-state index in [4.69, 9.17) is 11.6 Å². The van der Waals surface area contributed by atoms with E-state index in [9.17, 15) is 4.39 Å². The molecule has 11 heavy (non-hydrogen) atoms. The summed E-state index contributed by atoms with van der Waals surface area (Å²) < 4.78 is 12.4. The highest BCUT2D eigenvalue weighted by Gasteiger charge is 1.97. The quantitative estimate of drug-likeness (QED) is 0.552. The molecule has 0 aliphatic heterocycles. The first-order chi connectivity index (χ1) is 5.20. The minimum atomic E-state index is -0.461. The van der Waals surface area contributed by atoms with Crippen molar-refractivity contribution in [1.29, 1.82) is 0 Å². The second-order valence-corrected chi connectivity index (χ2v) is 2.14. The van der Waals surface area contributed by atoms with Gasteiger partial charge < -0.3 is 0 Å². The SMILES string of the molecule is CC.Cc1cnc(Cl)c(F)c1. The molecule has 1 heterocycles. The van der Waals surface area contributed by atoms with E-state index in [1.807, 2.05) is 13.8 Å². The Morgan fingerprint density at radius 3 is 2.36 bits per heavy atom. The average Bonchev–Trinajstić information content (AvgIpc) is 2.02. The molecule has 0 aliphatic carbocycles. The zero-order chi connectivity index (χ0) is 8.85. The topological polar surface area (TPSA) is 12.9 Å². The molecule has 0 atom stereocenters. The van der Waals surface area contributed by atoms with Gasteiger partial charge in [0.25, 0.3) is 0 Å². The highest BCUT2D eigenvalue weighted by atomic mass is 35.5. The molecule has 0 saturated heterocycles. The second kappa shape index (κ2) is 5.08. The highest BCUT2D eigenvalue weighted by Crippen LogP contribution is 2.10. The molecule has 3 heteroatoms. The summed E-state index contributed by atoms with van der Waals surface area (Å²) in [6.45, 7) is 5.76. The summed E-state index contributed by atoms with van der Waals surface area (Å²) in [6.07, 6.45) is 1.52. The van der Waals surface area contributed by atoms with Crippen LogP contribution in [0.2, 0.25) is 5.15 Å². The van der Waals surface area contributed by atoms with Crippen LogP contribution in [0.1, 0.15) is 19.4 Å². The number of aryl methyl sites for hydroxylation is 1. The molecule has 0 bridgehead atoms. The van der Waals surface area contributed by atoms with Crippen molar-refractivity contribution in [3.8, 4) is 0 Å². The van der Waals surface area contributed by atoms with Crippen LogP contribution in [0.4, 0.5) is 4.39 Å². The minimum absolute atomic E-state index is 0.0689. The van der Waals surface area contributed by atoms with Crippen molar-refractivity contribution in [1.82, 2.24) is 4.98 Å². The maximum atomic E-state index is 12.4. The molecule has 0 spiro atoms. The Balaban J connectivity index is 0.000000461. The van der Waals surface area contributed by atoms with Gasteiger partial charge in [0.05, 0.1) is 0 Å². The van der Waals surface area contributed by atoms with Gasteiger partial charge in [0.1, 0.15) is 0 Å². The summed E-state index contributed by atoms with van der Waals surface area (Å²) in [7, 11) is 0. The molecular weight excluding hydrogens is 165 g/mol. The van der Waals surface area contributed by atoms with Crippen molar-refractivity contribution in [2.75, 3.05) is 0 Å². The van der Waals surface area contributed by atoms with Gasteiger partial charge in [0, 0.05) is 6.20 Å². The smallest absolute Gasteiger partial charge is 0.164 e. The average molecular weight is 176 g/mol. The van der Waals surface area contributed by atoms with Crippen molar-refractivity contribution in [2.24, 2.45) is 0 Å². The fraction of sp³-hybridized carbons (Fsp3) is 0.375. The van der Waals surface area contributed by atoms with Crippen LogP contribution in [0.5, 0.6) is 0 Å². The number of aromatic nitrogens is 1. The van der Waals surface area contributed by atoms with E-state index in [0.717, 1.165) is 5.56 Å². The van der Waals surface area contributed by atoms with Gasteiger partial charge in [-0.3, -0.25) is 0 Å². The molecule has 62 valence electrons. The molecule has 0 fully saturated rings. The molecule has 0 radical (unpaired) electrons. The minimum Gasteiger partial charge on any atom is -0.241 e. The largest absolute Gasteiger partial charge is 0.241 e. The number of hydrogen-bond acceptors (Lipinski definition) is 1. The maximum Gasteiger partial charge on any atom is 0.164 e. The lowest BCUT2D eigenvalue weighted by Gasteiger charge is -1.91. The van der Waals surface area contributed by atoms with Gasteiger partial charge in [-0.2, -0.15) is 0 Å². The lowest BCUT2D eigenvalue weighted by Crippen LogP contribution is -1.82. The van der Waals surface area contributed by atoms with Gasteiger partial charge in [-0.15, -0.1) is 0 Å². The number of nitrogens with zero attached hydrogens (tertiary/aromatic N) is 1. The number of halogens is 2. The van der Waals surface area contributed by atoms with Gasteiger partial charge in [0.15, 0.2) is 11.0 Å². The Labute approximate surface area is 71.2 Å². The van der Waals surface area contributed by atoms with E-state index in [-0.39, 0.29) is 5.15 Å². The molecule has 1 aromatic heterocycles. The van der Waals surface area contributed by atoms with E-state index >= 15 is 0 Å². The van der Waals surface area contributed by atoms with E-state index in [0.29, 0.717) is 0 Å². The third kappa shape index (κ3) is 3.33. The standard InChI is InChI=1S/C6H5ClFN.C2H6/c1-4-2-5(8)6(7)9-3-4;1-2/h2-3H,1H3;1-2H3. The number of rotatable bonds is 0. The molecule has 0 saturated carbocycles. The first kappa shape index (κ1) is 10.4. The molecule has 1 nitrogen and oxygen atoms in total. The van der Waals surface area contributed by atoms with Crippen LogP contribution in [-0.4, -0.2) is 4.98 Å². The van der Waals surface area contributed by atoms with Crippen molar-refractivity contribution in [3.63, 3.8) is 0 Å². The highest BCUT2D eigenvalue weighted by molar-refractivity contribution is 6.29. The van der Waals surface area contributed by atoms with E-state index in [1.165, 1.54) is 12.3 Å². The normalized spacial score (nSPS) is 8.45. The van der Waals surface area contributed by atoms with Gasteiger partial charge >= 0.3 is 0 Å². The van der Waals surface area contributed by atoms with Crippen LogP contribution >= 0.6 is 11.6 Å². The van der Waals surface area contributed by atoms with E-state index in [1.54, 1.807) is 6.92 Å². The van der Waals surface area contributed by atoms with Crippen LogP contribution in [0, 0.1) is 12.7 Å². The Morgan fingerprint density at radius 2 is 2.00 bits per heavy atom. The lowest BCUT2D eigenvalue weighted by molar-refractivity contribution is 0.620. The zero-order valence-corrected chi connectivity index (χ0v) is 7.61. The monoisotopic (exact) mass is 175 g/mol. The van der Waals surface area contributed by atoms with Crippen molar-refractivity contribution in [3.05, 3.63) is 28.8 Å². The molecule has 0 aromatic carbocycles. The fourth-order valence-corrected chi connectivity index (χ4v) is 0.620. The van der Waals surface area contributed by atoms with Gasteiger partial charge in [-0.05, 0) is 18.6 Å².